The van der Waals surface area contributed by atoms with Crippen LogP contribution in [0, 0.1) is 6.92 Å². The van der Waals surface area contributed by atoms with Gasteiger partial charge in [0.25, 0.3) is 0 Å². The van der Waals surface area contributed by atoms with Gasteiger partial charge in [-0.2, -0.15) is 0 Å². The third kappa shape index (κ3) is 3.37. The van der Waals surface area contributed by atoms with Crippen LogP contribution in [0.15, 0.2) is 12.1 Å². The van der Waals surface area contributed by atoms with Crippen molar-refractivity contribution in [2.75, 3.05) is 26.8 Å². The van der Waals surface area contributed by atoms with Gasteiger partial charge in [-0.3, -0.25) is 0 Å². The number of methoxy groups -OCH3 is 1. The highest BCUT2D eigenvalue weighted by Crippen LogP contribution is 2.29. The summed E-state index contributed by atoms with van der Waals surface area (Å²) in [5.74, 6) is 0.947. The molecule has 0 saturated carbocycles. The summed E-state index contributed by atoms with van der Waals surface area (Å²) in [6, 6.07) is 3.92. The third-order valence-electron chi connectivity index (χ3n) is 3.26. The number of hydrogen-bond acceptors (Lipinski definition) is 3. The van der Waals surface area contributed by atoms with E-state index in [-0.39, 0.29) is 0 Å². The van der Waals surface area contributed by atoms with Crippen molar-refractivity contribution in [2.24, 2.45) is 0 Å². The first-order valence-corrected chi connectivity index (χ1v) is 6.74. The van der Waals surface area contributed by atoms with Crippen LogP contribution in [0.4, 0.5) is 0 Å². The number of morpholine rings is 1. The van der Waals surface area contributed by atoms with Crippen LogP contribution in [0.25, 0.3) is 0 Å². The molecule has 0 spiro atoms. The first-order valence-electron chi connectivity index (χ1n) is 6.36. The molecule has 1 unspecified atom stereocenters. The third-order valence-corrected chi connectivity index (χ3v) is 3.48. The molecule has 4 heteroatoms. The molecular weight excluding hydrogens is 250 g/mol. The molecule has 1 aromatic rings. The number of benzene rings is 1. The lowest BCUT2D eigenvalue weighted by Crippen LogP contribution is -2.38. The van der Waals surface area contributed by atoms with Gasteiger partial charge in [0.05, 0.1) is 19.8 Å². The Bertz CT molecular complexity index is 403. The van der Waals surface area contributed by atoms with Crippen molar-refractivity contribution in [3.05, 3.63) is 28.3 Å². The van der Waals surface area contributed by atoms with Gasteiger partial charge in [0, 0.05) is 18.1 Å². The topological polar surface area (TPSA) is 30.5 Å². The van der Waals surface area contributed by atoms with Crippen LogP contribution in [-0.4, -0.2) is 32.9 Å². The highest BCUT2D eigenvalue weighted by molar-refractivity contribution is 6.30. The van der Waals surface area contributed by atoms with Crippen molar-refractivity contribution in [1.29, 1.82) is 0 Å². The number of ether oxygens (including phenoxy) is 2. The molecule has 0 aliphatic carbocycles. The van der Waals surface area contributed by atoms with Gasteiger partial charge in [0.2, 0.25) is 0 Å². The molecule has 1 aliphatic heterocycles. The Morgan fingerprint density at radius 1 is 1.50 bits per heavy atom. The average Bonchev–Trinajstić information content (AvgIpc) is 2.37. The maximum atomic E-state index is 6.10. The van der Waals surface area contributed by atoms with Crippen LogP contribution in [0.5, 0.6) is 5.75 Å². The standard InChI is InChI=1S/C14H20ClNO2/c1-10-7-12(15)8-11(14(10)17-2)3-4-13-9-16-5-6-18-13/h7-8,13,16H,3-6,9H2,1-2H3. The quantitative estimate of drug-likeness (QED) is 0.911. The summed E-state index contributed by atoms with van der Waals surface area (Å²) in [7, 11) is 1.71. The van der Waals surface area contributed by atoms with E-state index in [1.165, 1.54) is 0 Å². The molecule has 18 heavy (non-hydrogen) atoms. The van der Waals surface area contributed by atoms with Crippen LogP contribution in [-0.2, 0) is 11.2 Å². The molecule has 1 fully saturated rings. The van der Waals surface area contributed by atoms with E-state index in [9.17, 15) is 0 Å². The highest BCUT2D eigenvalue weighted by Gasteiger charge is 2.15. The number of aryl methyl sites for hydroxylation is 2. The minimum absolute atomic E-state index is 0.294. The minimum atomic E-state index is 0.294. The van der Waals surface area contributed by atoms with Gasteiger partial charge < -0.3 is 14.8 Å². The molecule has 1 aliphatic rings. The summed E-state index contributed by atoms with van der Waals surface area (Å²) in [5, 5.41) is 4.11. The normalized spacial score (nSPS) is 19.8. The second-order valence-corrected chi connectivity index (χ2v) is 5.09. The average molecular weight is 270 g/mol. The molecule has 0 aromatic heterocycles. The van der Waals surface area contributed by atoms with E-state index in [4.69, 9.17) is 21.1 Å². The van der Waals surface area contributed by atoms with Crippen molar-refractivity contribution >= 4 is 11.6 Å². The molecule has 1 atom stereocenters. The van der Waals surface area contributed by atoms with Crippen molar-refractivity contribution in [1.82, 2.24) is 5.32 Å². The Morgan fingerprint density at radius 3 is 3.00 bits per heavy atom. The van der Waals surface area contributed by atoms with Gasteiger partial charge in [0.1, 0.15) is 5.75 Å². The lowest BCUT2D eigenvalue weighted by Gasteiger charge is -2.24. The van der Waals surface area contributed by atoms with E-state index in [0.717, 1.165) is 54.4 Å². The van der Waals surface area contributed by atoms with Crippen LogP contribution >= 0.6 is 11.6 Å². The Labute approximate surface area is 113 Å². The second-order valence-electron chi connectivity index (χ2n) is 4.65. The molecule has 100 valence electrons. The Morgan fingerprint density at radius 2 is 2.33 bits per heavy atom. The predicted molar refractivity (Wildman–Crippen MR) is 73.7 cm³/mol. The lowest BCUT2D eigenvalue weighted by molar-refractivity contribution is 0.0238. The van der Waals surface area contributed by atoms with Gasteiger partial charge in [0.15, 0.2) is 0 Å². The van der Waals surface area contributed by atoms with Crippen molar-refractivity contribution in [2.45, 2.75) is 25.9 Å². The van der Waals surface area contributed by atoms with Crippen LogP contribution in [0.3, 0.4) is 0 Å². The summed E-state index contributed by atoms with van der Waals surface area (Å²) < 4.78 is 11.2. The maximum Gasteiger partial charge on any atom is 0.125 e. The second kappa shape index (κ2) is 6.41. The molecule has 0 amide bonds. The Kier molecular flexibility index (Phi) is 4.87. The van der Waals surface area contributed by atoms with Crippen LogP contribution in [0.1, 0.15) is 17.5 Å². The molecule has 1 aromatic carbocycles. The summed E-state index contributed by atoms with van der Waals surface area (Å²) in [6.45, 7) is 4.71. The molecule has 2 rings (SSSR count). The zero-order valence-corrected chi connectivity index (χ0v) is 11.7. The van der Waals surface area contributed by atoms with Crippen molar-refractivity contribution in [3.8, 4) is 5.75 Å². The number of hydrogen-bond donors (Lipinski definition) is 1. The molecule has 1 saturated heterocycles. The fourth-order valence-electron chi connectivity index (χ4n) is 2.40. The molecule has 1 N–H and O–H groups in total. The monoisotopic (exact) mass is 269 g/mol. The van der Waals surface area contributed by atoms with Crippen molar-refractivity contribution in [3.63, 3.8) is 0 Å². The van der Waals surface area contributed by atoms with Gasteiger partial charge in [-0.1, -0.05) is 11.6 Å². The van der Waals surface area contributed by atoms with Gasteiger partial charge in [-0.05, 0) is 43.0 Å². The summed E-state index contributed by atoms with van der Waals surface area (Å²) >= 11 is 6.10. The zero-order chi connectivity index (χ0) is 13.0. The first-order chi connectivity index (χ1) is 8.70. The minimum Gasteiger partial charge on any atom is -0.496 e. The van der Waals surface area contributed by atoms with Gasteiger partial charge >= 0.3 is 0 Å². The fourth-order valence-corrected chi connectivity index (χ4v) is 2.69. The molecule has 1 heterocycles. The molecule has 0 bridgehead atoms. The largest absolute Gasteiger partial charge is 0.496 e. The SMILES string of the molecule is COc1c(C)cc(Cl)cc1CCC1CNCCO1. The maximum absolute atomic E-state index is 6.10. The van der Waals surface area contributed by atoms with E-state index in [0.29, 0.717) is 6.10 Å². The van der Waals surface area contributed by atoms with Crippen LogP contribution in [0.2, 0.25) is 5.02 Å². The van der Waals surface area contributed by atoms with E-state index in [1.54, 1.807) is 7.11 Å². The Balaban J connectivity index is 2.03. The summed E-state index contributed by atoms with van der Waals surface area (Å²) in [6.07, 6.45) is 2.21. The van der Waals surface area contributed by atoms with Crippen molar-refractivity contribution < 1.29 is 9.47 Å². The van der Waals surface area contributed by atoms with Crippen LogP contribution < -0.4 is 10.1 Å². The highest BCUT2D eigenvalue weighted by atomic mass is 35.5. The van der Waals surface area contributed by atoms with Gasteiger partial charge in [-0.25, -0.2) is 0 Å². The molecular formula is C14H20ClNO2. The zero-order valence-electron chi connectivity index (χ0n) is 11.0. The van der Waals surface area contributed by atoms with E-state index < -0.39 is 0 Å². The first kappa shape index (κ1) is 13.7. The lowest BCUT2D eigenvalue weighted by atomic mass is 10.0. The smallest absolute Gasteiger partial charge is 0.125 e. The number of rotatable bonds is 4. The number of halogens is 1. The van der Waals surface area contributed by atoms with E-state index in [1.807, 2.05) is 19.1 Å². The van der Waals surface area contributed by atoms with Gasteiger partial charge in [-0.15, -0.1) is 0 Å². The van der Waals surface area contributed by atoms with E-state index in [2.05, 4.69) is 5.32 Å². The fraction of sp³-hybridized carbons (Fsp3) is 0.571. The summed E-state index contributed by atoms with van der Waals surface area (Å²) in [5.41, 5.74) is 2.25. The molecule has 3 nitrogen and oxygen atoms in total. The Hall–Kier alpha value is -0.770. The summed E-state index contributed by atoms with van der Waals surface area (Å²) in [4.78, 5) is 0. The van der Waals surface area contributed by atoms with E-state index >= 15 is 0 Å². The number of nitrogens with one attached hydrogen (secondary N) is 1. The predicted octanol–water partition coefficient (Wildman–Crippen LogP) is 2.58. The molecule has 0 radical (unpaired) electrons.